The van der Waals surface area contributed by atoms with Crippen molar-refractivity contribution in [1.82, 2.24) is 14.9 Å². The summed E-state index contributed by atoms with van der Waals surface area (Å²) in [5.41, 5.74) is 1.63. The van der Waals surface area contributed by atoms with Gasteiger partial charge in [-0.1, -0.05) is 24.3 Å². The van der Waals surface area contributed by atoms with Crippen molar-refractivity contribution < 1.29 is 9.50 Å². The number of benzene rings is 2. The number of aromatic nitrogens is 3. The van der Waals surface area contributed by atoms with Gasteiger partial charge in [0.15, 0.2) is 5.82 Å². The molecule has 5 nitrogen and oxygen atoms in total. The van der Waals surface area contributed by atoms with Crippen molar-refractivity contribution in [2.45, 2.75) is 6.42 Å². The van der Waals surface area contributed by atoms with Crippen LogP contribution in [0.25, 0.3) is 0 Å². The minimum Gasteiger partial charge on any atom is -0.508 e. The van der Waals surface area contributed by atoms with Crippen LogP contribution in [0.1, 0.15) is 17.0 Å². The van der Waals surface area contributed by atoms with E-state index < -0.39 is 0 Å². The molecule has 1 aromatic heterocycles. The van der Waals surface area contributed by atoms with E-state index in [0.29, 0.717) is 17.0 Å². The second kappa shape index (κ2) is 6.53. The number of nitrogens with zero attached hydrogens (tertiary/aromatic N) is 3. The summed E-state index contributed by atoms with van der Waals surface area (Å²) in [6.45, 7) is 0. The molecule has 0 fully saturated rings. The molecular weight excluding hydrogens is 315 g/mol. The highest BCUT2D eigenvalue weighted by Gasteiger charge is 2.06. The van der Waals surface area contributed by atoms with Crippen LogP contribution in [0.2, 0.25) is 0 Å². The average molecular weight is 328 g/mol. The van der Waals surface area contributed by atoms with E-state index in [1.807, 2.05) is 6.07 Å². The Morgan fingerprint density at radius 1 is 1.26 bits per heavy atom. The van der Waals surface area contributed by atoms with E-state index in [1.54, 1.807) is 36.5 Å². The number of nitrogens with one attached hydrogen (secondary N) is 1. The molecule has 0 saturated carbocycles. The van der Waals surface area contributed by atoms with Crippen LogP contribution in [-0.2, 0) is 6.42 Å². The van der Waals surface area contributed by atoms with Gasteiger partial charge < -0.3 is 5.11 Å². The normalized spacial score (nSPS) is 11.2. The molecular formula is C16H13FN4OS. The number of hydrogen-bond donors (Lipinski definition) is 2. The first-order valence-electron chi connectivity index (χ1n) is 6.86. The summed E-state index contributed by atoms with van der Waals surface area (Å²) in [5.74, 6) is 0.490. The Kier molecular flexibility index (Phi) is 4.29. The number of phenols is 1. The van der Waals surface area contributed by atoms with Gasteiger partial charge in [-0.05, 0) is 47.6 Å². The zero-order valence-electron chi connectivity index (χ0n) is 12.0. The van der Waals surface area contributed by atoms with E-state index in [0.717, 1.165) is 11.1 Å². The van der Waals surface area contributed by atoms with Gasteiger partial charge in [-0.3, -0.25) is 5.10 Å². The van der Waals surface area contributed by atoms with Gasteiger partial charge in [0, 0.05) is 6.42 Å². The van der Waals surface area contributed by atoms with Crippen molar-refractivity contribution >= 4 is 18.4 Å². The van der Waals surface area contributed by atoms with Crippen molar-refractivity contribution in [2.24, 2.45) is 5.10 Å². The number of H-pyrrole nitrogens is 1. The Bertz CT molecular complexity index is 899. The topological polar surface area (TPSA) is 66.2 Å². The molecule has 2 aromatic carbocycles. The van der Waals surface area contributed by atoms with Crippen LogP contribution >= 0.6 is 12.2 Å². The van der Waals surface area contributed by atoms with Crippen LogP contribution in [0.15, 0.2) is 53.6 Å². The number of aromatic hydroxyl groups is 1. The zero-order chi connectivity index (χ0) is 16.2. The first-order chi connectivity index (χ1) is 11.1. The number of aromatic amines is 1. The van der Waals surface area contributed by atoms with Crippen LogP contribution in [0.3, 0.4) is 0 Å². The molecule has 7 heteroatoms. The molecule has 3 aromatic rings. The summed E-state index contributed by atoms with van der Waals surface area (Å²) in [6, 6.07) is 12.9. The largest absolute Gasteiger partial charge is 0.508 e. The van der Waals surface area contributed by atoms with Gasteiger partial charge in [0.25, 0.3) is 0 Å². The summed E-state index contributed by atoms with van der Waals surface area (Å²) in [7, 11) is 0. The number of rotatable bonds is 4. The summed E-state index contributed by atoms with van der Waals surface area (Å²) in [6.07, 6.45) is 2.05. The third kappa shape index (κ3) is 3.70. The number of phenolic OH excluding ortho intramolecular Hbond substituents is 1. The molecule has 0 saturated heterocycles. The van der Waals surface area contributed by atoms with Crippen molar-refractivity contribution in [3.05, 3.63) is 76.1 Å². The fourth-order valence-electron chi connectivity index (χ4n) is 2.07. The van der Waals surface area contributed by atoms with Crippen LogP contribution in [0.4, 0.5) is 4.39 Å². The molecule has 0 amide bonds. The van der Waals surface area contributed by atoms with E-state index in [-0.39, 0.29) is 11.6 Å². The molecule has 0 aliphatic carbocycles. The second-order valence-electron chi connectivity index (χ2n) is 4.90. The molecule has 0 bridgehead atoms. The Morgan fingerprint density at radius 2 is 2.04 bits per heavy atom. The first kappa shape index (κ1) is 15.1. The van der Waals surface area contributed by atoms with Crippen LogP contribution < -0.4 is 0 Å². The van der Waals surface area contributed by atoms with Gasteiger partial charge in [0.05, 0.1) is 6.21 Å². The minimum atomic E-state index is -0.283. The second-order valence-corrected chi connectivity index (χ2v) is 5.29. The smallest absolute Gasteiger partial charge is 0.216 e. The SMILES string of the molecule is Oc1cccc(/C=N\n2c(Cc3ccc(F)cc3)n[nH]c2=S)c1. The van der Waals surface area contributed by atoms with Crippen LogP contribution in [-0.4, -0.2) is 26.2 Å². The standard InChI is InChI=1S/C16H13FN4OS/c17-13-6-4-11(5-7-13)9-15-19-20-16(23)21(15)18-10-12-2-1-3-14(22)8-12/h1-8,10,22H,9H2,(H,20,23)/b18-10-. The Morgan fingerprint density at radius 3 is 2.78 bits per heavy atom. The maximum atomic E-state index is 13.0. The highest BCUT2D eigenvalue weighted by molar-refractivity contribution is 7.71. The van der Waals surface area contributed by atoms with E-state index in [2.05, 4.69) is 15.3 Å². The fraction of sp³-hybridized carbons (Fsp3) is 0.0625. The maximum Gasteiger partial charge on any atom is 0.216 e. The zero-order valence-corrected chi connectivity index (χ0v) is 12.8. The summed E-state index contributed by atoms with van der Waals surface area (Å²) in [4.78, 5) is 0. The lowest BCUT2D eigenvalue weighted by Gasteiger charge is -2.01. The number of hydrogen-bond acceptors (Lipinski definition) is 4. The molecule has 0 radical (unpaired) electrons. The van der Waals surface area contributed by atoms with Crippen LogP contribution in [0, 0.1) is 10.6 Å². The third-order valence-corrected chi connectivity index (χ3v) is 3.45. The third-order valence-electron chi connectivity index (χ3n) is 3.19. The lowest BCUT2D eigenvalue weighted by atomic mass is 10.1. The fourth-order valence-corrected chi connectivity index (χ4v) is 2.27. The van der Waals surface area contributed by atoms with E-state index in [4.69, 9.17) is 12.2 Å². The van der Waals surface area contributed by atoms with Gasteiger partial charge in [0.2, 0.25) is 4.77 Å². The van der Waals surface area contributed by atoms with Gasteiger partial charge in [-0.25, -0.2) is 4.39 Å². The molecule has 2 N–H and O–H groups in total. The quantitative estimate of drug-likeness (QED) is 0.571. The molecule has 0 aliphatic rings. The van der Waals surface area contributed by atoms with Gasteiger partial charge in [0.1, 0.15) is 11.6 Å². The number of halogens is 1. The van der Waals surface area contributed by atoms with Gasteiger partial charge in [-0.15, -0.1) is 0 Å². The lowest BCUT2D eigenvalue weighted by molar-refractivity contribution is 0.475. The lowest BCUT2D eigenvalue weighted by Crippen LogP contribution is -2.00. The van der Waals surface area contributed by atoms with Gasteiger partial charge >= 0.3 is 0 Å². The molecule has 0 atom stereocenters. The molecule has 1 heterocycles. The highest BCUT2D eigenvalue weighted by Crippen LogP contribution is 2.11. The summed E-state index contributed by atoms with van der Waals surface area (Å²) >= 11 is 5.17. The molecule has 3 rings (SSSR count). The van der Waals surface area contributed by atoms with Crippen molar-refractivity contribution in [1.29, 1.82) is 0 Å². The molecule has 0 aliphatic heterocycles. The first-order valence-corrected chi connectivity index (χ1v) is 7.27. The van der Waals surface area contributed by atoms with Gasteiger partial charge in [-0.2, -0.15) is 14.9 Å². The van der Waals surface area contributed by atoms with E-state index >= 15 is 0 Å². The molecule has 116 valence electrons. The summed E-state index contributed by atoms with van der Waals surface area (Å²) < 4.78 is 14.8. The molecule has 0 spiro atoms. The van der Waals surface area contributed by atoms with E-state index in [1.165, 1.54) is 16.8 Å². The Balaban J connectivity index is 1.87. The maximum absolute atomic E-state index is 13.0. The van der Waals surface area contributed by atoms with Crippen molar-refractivity contribution in [3.63, 3.8) is 0 Å². The molecule has 23 heavy (non-hydrogen) atoms. The van der Waals surface area contributed by atoms with Crippen molar-refractivity contribution in [2.75, 3.05) is 0 Å². The summed E-state index contributed by atoms with van der Waals surface area (Å²) in [5, 5.41) is 20.6. The highest BCUT2D eigenvalue weighted by atomic mass is 32.1. The minimum absolute atomic E-state index is 0.163. The monoisotopic (exact) mass is 328 g/mol. The average Bonchev–Trinajstić information content (AvgIpc) is 2.88. The Labute approximate surface area is 136 Å². The van der Waals surface area contributed by atoms with Crippen molar-refractivity contribution in [3.8, 4) is 5.75 Å². The molecule has 0 unspecified atom stereocenters. The van der Waals surface area contributed by atoms with E-state index in [9.17, 15) is 9.50 Å². The van der Waals surface area contributed by atoms with Crippen LogP contribution in [0.5, 0.6) is 5.75 Å². The predicted octanol–water partition coefficient (Wildman–Crippen LogP) is 3.26. The predicted molar refractivity (Wildman–Crippen MR) is 87.7 cm³/mol. The Hall–Kier alpha value is -2.80.